The minimum absolute atomic E-state index is 0.0604. The van der Waals surface area contributed by atoms with Gasteiger partial charge in [0.1, 0.15) is 5.75 Å². The number of ether oxygens (including phenoxy) is 1. The van der Waals surface area contributed by atoms with Crippen LogP contribution >= 0.6 is 0 Å². The van der Waals surface area contributed by atoms with Crippen molar-refractivity contribution in [2.24, 2.45) is 5.73 Å². The summed E-state index contributed by atoms with van der Waals surface area (Å²) >= 11 is 0. The first-order valence-electron chi connectivity index (χ1n) is 5.16. The number of hydrogen-bond acceptors (Lipinski definition) is 2. The van der Waals surface area contributed by atoms with Gasteiger partial charge in [-0.05, 0) is 25.0 Å². The van der Waals surface area contributed by atoms with Crippen molar-refractivity contribution >= 4 is 0 Å². The van der Waals surface area contributed by atoms with E-state index in [0.29, 0.717) is 12.0 Å². The number of alkyl halides is 2. The van der Waals surface area contributed by atoms with Crippen LogP contribution in [0.1, 0.15) is 25.0 Å². The predicted octanol–water partition coefficient (Wildman–Crippen LogP) is 2.70. The molecule has 1 rings (SSSR count). The third kappa shape index (κ3) is 2.92. The molecule has 4 heteroatoms. The van der Waals surface area contributed by atoms with Gasteiger partial charge in [0.25, 0.3) is 5.92 Å². The molecule has 0 amide bonds. The Hall–Kier alpha value is -1.16. The van der Waals surface area contributed by atoms with E-state index in [9.17, 15) is 8.78 Å². The summed E-state index contributed by atoms with van der Waals surface area (Å²) in [6.45, 7) is 2.66. The highest BCUT2D eigenvalue weighted by Crippen LogP contribution is 2.37. The molecule has 0 aliphatic rings. The zero-order valence-corrected chi connectivity index (χ0v) is 9.76. The summed E-state index contributed by atoms with van der Waals surface area (Å²) in [4.78, 5) is 0. The highest BCUT2D eigenvalue weighted by atomic mass is 19.3. The highest BCUT2D eigenvalue weighted by molar-refractivity contribution is 5.43. The number of nitrogens with two attached hydrogens (primary N) is 1. The largest absolute Gasteiger partial charge is 0.496 e. The highest BCUT2D eigenvalue weighted by Gasteiger charge is 2.31. The summed E-state index contributed by atoms with van der Waals surface area (Å²) < 4.78 is 32.0. The minimum atomic E-state index is -2.92. The van der Waals surface area contributed by atoms with Crippen molar-refractivity contribution in [2.45, 2.75) is 32.2 Å². The number of benzene rings is 1. The van der Waals surface area contributed by atoms with E-state index in [-0.39, 0.29) is 17.4 Å². The second kappa shape index (κ2) is 4.78. The number of hydrogen-bond donors (Lipinski definition) is 1. The van der Waals surface area contributed by atoms with E-state index in [1.165, 1.54) is 13.2 Å². The van der Waals surface area contributed by atoms with Gasteiger partial charge in [-0.2, -0.15) is 0 Å². The molecule has 0 aliphatic carbocycles. The lowest BCUT2D eigenvalue weighted by Crippen LogP contribution is -2.21. The molecule has 0 saturated heterocycles. The fourth-order valence-corrected chi connectivity index (χ4v) is 1.76. The smallest absolute Gasteiger partial charge is 0.274 e. The van der Waals surface area contributed by atoms with Crippen molar-refractivity contribution in [1.82, 2.24) is 0 Å². The average molecular weight is 229 g/mol. The van der Waals surface area contributed by atoms with Gasteiger partial charge in [0.15, 0.2) is 0 Å². The van der Waals surface area contributed by atoms with Gasteiger partial charge in [-0.25, -0.2) is 8.78 Å². The Bertz CT molecular complexity index is 359. The van der Waals surface area contributed by atoms with Crippen LogP contribution in [0, 0.1) is 0 Å². The first kappa shape index (κ1) is 12.9. The van der Waals surface area contributed by atoms with Gasteiger partial charge >= 0.3 is 0 Å². The molecule has 0 bridgehead atoms. The van der Waals surface area contributed by atoms with E-state index in [2.05, 4.69) is 0 Å². The Labute approximate surface area is 94.4 Å². The Kier molecular flexibility index (Phi) is 3.86. The van der Waals surface area contributed by atoms with Gasteiger partial charge in [-0.3, -0.25) is 0 Å². The maximum absolute atomic E-state index is 13.5. The molecule has 0 aliphatic heterocycles. The van der Waals surface area contributed by atoms with Gasteiger partial charge in [0.05, 0.1) is 12.7 Å². The zero-order chi connectivity index (χ0) is 12.3. The lowest BCUT2D eigenvalue weighted by atomic mass is 9.96. The summed E-state index contributed by atoms with van der Waals surface area (Å²) in [5, 5.41) is 0. The van der Waals surface area contributed by atoms with Crippen LogP contribution in [0.3, 0.4) is 0 Å². The van der Waals surface area contributed by atoms with Gasteiger partial charge in [-0.15, -0.1) is 0 Å². The SMILES string of the molecule is COc1cccc(CC(C)N)c1C(C)(F)F. The van der Waals surface area contributed by atoms with E-state index >= 15 is 0 Å². The van der Waals surface area contributed by atoms with Crippen molar-refractivity contribution < 1.29 is 13.5 Å². The maximum Gasteiger partial charge on any atom is 0.274 e. The van der Waals surface area contributed by atoms with Crippen LogP contribution in [0.4, 0.5) is 8.78 Å². The number of halogens is 2. The fraction of sp³-hybridized carbons (Fsp3) is 0.500. The molecule has 0 spiro atoms. The molecule has 0 radical (unpaired) electrons. The Morgan fingerprint density at radius 3 is 2.50 bits per heavy atom. The Morgan fingerprint density at radius 1 is 1.44 bits per heavy atom. The Morgan fingerprint density at radius 2 is 2.06 bits per heavy atom. The molecule has 1 unspecified atom stereocenters. The van der Waals surface area contributed by atoms with Crippen LogP contribution in [0.25, 0.3) is 0 Å². The van der Waals surface area contributed by atoms with E-state index in [1.807, 2.05) is 0 Å². The topological polar surface area (TPSA) is 35.2 Å². The van der Waals surface area contributed by atoms with Crippen molar-refractivity contribution in [1.29, 1.82) is 0 Å². The van der Waals surface area contributed by atoms with Crippen LogP contribution in [0.5, 0.6) is 5.75 Å². The van der Waals surface area contributed by atoms with Crippen molar-refractivity contribution in [3.8, 4) is 5.75 Å². The second-order valence-electron chi connectivity index (χ2n) is 4.06. The molecule has 1 atom stereocenters. The fourth-order valence-electron chi connectivity index (χ4n) is 1.76. The molecule has 16 heavy (non-hydrogen) atoms. The number of rotatable bonds is 4. The van der Waals surface area contributed by atoms with Crippen LogP contribution in [-0.4, -0.2) is 13.2 Å². The molecule has 1 aromatic carbocycles. The van der Waals surface area contributed by atoms with Gasteiger partial charge < -0.3 is 10.5 Å². The van der Waals surface area contributed by atoms with Crippen LogP contribution in [0.15, 0.2) is 18.2 Å². The molecule has 0 heterocycles. The lowest BCUT2D eigenvalue weighted by molar-refractivity contribution is 0.0141. The van der Waals surface area contributed by atoms with Crippen molar-refractivity contribution in [3.05, 3.63) is 29.3 Å². The third-order valence-corrected chi connectivity index (χ3v) is 2.31. The molecular weight excluding hydrogens is 212 g/mol. The zero-order valence-electron chi connectivity index (χ0n) is 9.76. The molecule has 2 nitrogen and oxygen atoms in total. The van der Waals surface area contributed by atoms with E-state index in [0.717, 1.165) is 6.92 Å². The molecular formula is C12H17F2NO. The molecule has 2 N–H and O–H groups in total. The normalized spacial score (nSPS) is 13.6. The molecule has 0 fully saturated rings. The summed E-state index contributed by atoms with van der Waals surface area (Å²) in [6.07, 6.45) is 0.413. The predicted molar refractivity (Wildman–Crippen MR) is 59.9 cm³/mol. The second-order valence-corrected chi connectivity index (χ2v) is 4.06. The standard InChI is InChI=1S/C12H17F2NO/c1-8(15)7-9-5-4-6-10(16-3)11(9)12(2,13)14/h4-6,8H,7,15H2,1-3H3. The minimum Gasteiger partial charge on any atom is -0.496 e. The van der Waals surface area contributed by atoms with E-state index in [1.54, 1.807) is 19.1 Å². The summed E-state index contributed by atoms with van der Waals surface area (Å²) in [5.41, 5.74) is 6.13. The van der Waals surface area contributed by atoms with Gasteiger partial charge in [0, 0.05) is 13.0 Å². The summed E-state index contributed by atoms with van der Waals surface area (Å²) in [5.74, 6) is -2.71. The van der Waals surface area contributed by atoms with Crippen molar-refractivity contribution in [2.75, 3.05) is 7.11 Å². The summed E-state index contributed by atoms with van der Waals surface area (Å²) in [7, 11) is 1.39. The first-order chi connectivity index (χ1) is 7.36. The third-order valence-electron chi connectivity index (χ3n) is 2.31. The van der Waals surface area contributed by atoms with Crippen molar-refractivity contribution in [3.63, 3.8) is 0 Å². The van der Waals surface area contributed by atoms with E-state index in [4.69, 9.17) is 10.5 Å². The molecule has 1 aromatic rings. The van der Waals surface area contributed by atoms with Gasteiger partial charge in [-0.1, -0.05) is 12.1 Å². The summed E-state index contributed by atoms with van der Waals surface area (Å²) in [6, 6.07) is 4.75. The molecule has 0 aromatic heterocycles. The van der Waals surface area contributed by atoms with Crippen LogP contribution in [0.2, 0.25) is 0 Å². The number of methoxy groups -OCH3 is 1. The van der Waals surface area contributed by atoms with Gasteiger partial charge in [0.2, 0.25) is 0 Å². The Balaban J connectivity index is 3.26. The van der Waals surface area contributed by atoms with Crippen LogP contribution < -0.4 is 10.5 Å². The van der Waals surface area contributed by atoms with E-state index < -0.39 is 5.92 Å². The molecule has 90 valence electrons. The first-order valence-corrected chi connectivity index (χ1v) is 5.16. The lowest BCUT2D eigenvalue weighted by Gasteiger charge is -2.20. The molecule has 0 saturated carbocycles. The quantitative estimate of drug-likeness (QED) is 0.861. The average Bonchev–Trinajstić information content (AvgIpc) is 2.14. The monoisotopic (exact) mass is 229 g/mol. The van der Waals surface area contributed by atoms with Crippen LogP contribution in [-0.2, 0) is 12.3 Å². The maximum atomic E-state index is 13.5.